The Labute approximate surface area is 326 Å². The molecule has 0 aromatic heterocycles. The van der Waals surface area contributed by atoms with Gasteiger partial charge in [0.2, 0.25) is 15.8 Å². The van der Waals surface area contributed by atoms with Gasteiger partial charge in [0.15, 0.2) is 11.5 Å². The van der Waals surface area contributed by atoms with E-state index in [4.69, 9.17) is 33.2 Å². The average molecular weight is 790 g/mol. The molecule has 2 aliphatic heterocycles. The van der Waals surface area contributed by atoms with Crippen molar-refractivity contribution < 1.29 is 56.0 Å². The van der Waals surface area contributed by atoms with E-state index in [1.807, 2.05) is 18.2 Å². The zero-order valence-corrected chi connectivity index (χ0v) is 33.3. The number of benzene rings is 4. The highest BCUT2D eigenvalue weighted by Crippen LogP contribution is 2.73. The van der Waals surface area contributed by atoms with Crippen LogP contribution in [0.2, 0.25) is 0 Å². The molecule has 2 aliphatic rings. The highest BCUT2D eigenvalue weighted by molar-refractivity contribution is 7.89. The van der Waals surface area contributed by atoms with Gasteiger partial charge in [0.1, 0.15) is 5.41 Å². The molecule has 298 valence electrons. The highest BCUT2D eigenvalue weighted by atomic mass is 32.2. The van der Waals surface area contributed by atoms with Gasteiger partial charge in [-0.1, -0.05) is 66.2 Å². The Kier molecular flexibility index (Phi) is 11.5. The number of rotatable bonds is 14. The molecule has 13 nitrogen and oxygen atoms in total. The predicted octanol–water partition coefficient (Wildman–Crippen LogP) is 6.22. The summed E-state index contributed by atoms with van der Waals surface area (Å²) in [5, 5.41) is 1.23. The standard InChI is InChI=1S/C42H47NO12S/c1-8-51-37(44)40-26-35(29-21-24-33(49-6)34(25-29)50-7)55-42(40,54-11-4)41(38(45)52-9-2,39(46)53-10-3)43(56(47,48)30-22-19-27(5)20-23-30)36(40)32-18-14-16-28-15-12-13-17-31(28)32/h12-25,35-36H,8-11,26H2,1-7H3/t35-,36-,40+,42+/m1/s1. The first kappa shape index (κ1) is 40.6. The topological polar surface area (TPSA) is 153 Å². The van der Waals surface area contributed by atoms with E-state index < -0.39 is 56.8 Å². The molecule has 56 heavy (non-hydrogen) atoms. The predicted molar refractivity (Wildman–Crippen MR) is 204 cm³/mol. The van der Waals surface area contributed by atoms with Crippen LogP contribution in [0.1, 0.15) is 63.0 Å². The second-order valence-corrected chi connectivity index (χ2v) is 15.2. The monoisotopic (exact) mass is 789 g/mol. The maximum absolute atomic E-state index is 15.7. The molecule has 0 aliphatic carbocycles. The first-order valence-corrected chi connectivity index (χ1v) is 20.0. The number of esters is 3. The summed E-state index contributed by atoms with van der Waals surface area (Å²) in [6.07, 6.45) is -1.47. The van der Waals surface area contributed by atoms with E-state index in [0.29, 0.717) is 27.8 Å². The molecule has 0 N–H and O–H groups in total. The minimum absolute atomic E-state index is 0.150. The smallest absolute Gasteiger partial charge is 0.345 e. The van der Waals surface area contributed by atoms with Crippen LogP contribution in [-0.4, -0.2) is 82.6 Å². The van der Waals surface area contributed by atoms with Gasteiger partial charge in [-0.15, -0.1) is 0 Å². The van der Waals surface area contributed by atoms with Crippen molar-refractivity contribution >= 4 is 38.7 Å². The third kappa shape index (κ3) is 5.92. The van der Waals surface area contributed by atoms with Crippen molar-refractivity contribution in [3.63, 3.8) is 0 Å². The summed E-state index contributed by atoms with van der Waals surface area (Å²) in [5.74, 6) is -5.70. The Morgan fingerprint density at radius 1 is 0.750 bits per heavy atom. The molecule has 0 bridgehead atoms. The lowest BCUT2D eigenvalue weighted by Gasteiger charge is -2.44. The molecule has 6 rings (SSSR count). The number of methoxy groups -OCH3 is 2. The highest BCUT2D eigenvalue weighted by Gasteiger charge is 2.92. The van der Waals surface area contributed by atoms with Crippen molar-refractivity contribution in [2.45, 2.75) is 69.4 Å². The largest absolute Gasteiger partial charge is 0.493 e. The molecule has 4 aromatic carbocycles. The van der Waals surface area contributed by atoms with Crippen LogP contribution < -0.4 is 9.47 Å². The number of nitrogens with zero attached hydrogens (tertiary/aromatic N) is 1. The Balaban J connectivity index is 1.86. The summed E-state index contributed by atoms with van der Waals surface area (Å²) in [6.45, 7) is 7.02. The van der Waals surface area contributed by atoms with E-state index in [0.717, 1.165) is 9.87 Å². The lowest BCUT2D eigenvalue weighted by molar-refractivity contribution is -0.290. The maximum atomic E-state index is 15.7. The van der Waals surface area contributed by atoms with Crippen molar-refractivity contribution in [3.8, 4) is 11.5 Å². The fourth-order valence-corrected chi connectivity index (χ4v) is 10.2. The summed E-state index contributed by atoms with van der Waals surface area (Å²) >= 11 is 0. The molecule has 0 radical (unpaired) electrons. The first-order valence-electron chi connectivity index (χ1n) is 18.5. The van der Waals surface area contributed by atoms with Gasteiger partial charge < -0.3 is 33.2 Å². The third-order valence-corrected chi connectivity index (χ3v) is 12.4. The van der Waals surface area contributed by atoms with Crippen LogP contribution in [0.4, 0.5) is 0 Å². The number of ether oxygens (including phenoxy) is 7. The van der Waals surface area contributed by atoms with Crippen LogP contribution in [0.25, 0.3) is 10.8 Å². The SMILES string of the molecule is CCOC(=O)C1(C(=O)OCC)N(S(=O)(=O)c2ccc(C)cc2)[C@H](c2cccc3ccccc23)[C@]2(C(=O)OCC)C[C@H](c3ccc(OC)c(OC)c3)O[C@]12OCC. The van der Waals surface area contributed by atoms with Crippen LogP contribution in [0, 0.1) is 12.3 Å². The number of sulfonamides is 1. The van der Waals surface area contributed by atoms with Crippen molar-refractivity contribution in [1.29, 1.82) is 0 Å². The zero-order valence-electron chi connectivity index (χ0n) is 32.5. The molecule has 0 saturated carbocycles. The molecular weight excluding hydrogens is 743 g/mol. The van der Waals surface area contributed by atoms with Gasteiger partial charge in [-0.25, -0.2) is 18.0 Å². The van der Waals surface area contributed by atoms with Gasteiger partial charge in [-0.2, -0.15) is 4.31 Å². The molecule has 4 atom stereocenters. The van der Waals surface area contributed by atoms with Crippen molar-refractivity contribution in [2.75, 3.05) is 40.6 Å². The molecule has 2 saturated heterocycles. The Morgan fingerprint density at radius 3 is 1.96 bits per heavy atom. The molecule has 4 aromatic rings. The molecule has 2 heterocycles. The van der Waals surface area contributed by atoms with E-state index in [1.54, 1.807) is 75.4 Å². The average Bonchev–Trinajstić information content (AvgIpc) is 3.65. The number of fused-ring (bicyclic) bond motifs is 2. The van der Waals surface area contributed by atoms with Gasteiger partial charge in [-0.05, 0) is 80.8 Å². The van der Waals surface area contributed by atoms with Gasteiger partial charge in [0, 0.05) is 13.0 Å². The van der Waals surface area contributed by atoms with E-state index >= 15 is 22.8 Å². The van der Waals surface area contributed by atoms with Gasteiger partial charge in [-0.3, -0.25) is 4.79 Å². The van der Waals surface area contributed by atoms with Crippen molar-refractivity contribution in [2.24, 2.45) is 5.41 Å². The summed E-state index contributed by atoms with van der Waals surface area (Å²) < 4.78 is 74.3. The molecule has 14 heteroatoms. The molecule has 2 fully saturated rings. The molecule has 0 amide bonds. The molecular formula is C42H47NO12S. The summed E-state index contributed by atoms with van der Waals surface area (Å²) in [4.78, 5) is 45.7. The first-order chi connectivity index (χ1) is 26.9. The summed E-state index contributed by atoms with van der Waals surface area (Å²) in [6, 6.07) is 21.6. The normalized spacial score (nSPS) is 23.0. The van der Waals surface area contributed by atoms with E-state index in [9.17, 15) is 0 Å². The second kappa shape index (κ2) is 15.8. The molecule has 0 unspecified atom stereocenters. The van der Waals surface area contributed by atoms with E-state index in [2.05, 4.69) is 0 Å². The van der Waals surface area contributed by atoms with E-state index in [-0.39, 0.29) is 43.3 Å². The van der Waals surface area contributed by atoms with Crippen LogP contribution in [0.5, 0.6) is 11.5 Å². The second-order valence-electron chi connectivity index (χ2n) is 13.4. The number of aryl methyl sites for hydroxylation is 1. The number of hydrogen-bond acceptors (Lipinski definition) is 12. The van der Waals surface area contributed by atoms with Gasteiger partial charge >= 0.3 is 17.9 Å². The van der Waals surface area contributed by atoms with Gasteiger partial charge in [0.25, 0.3) is 5.54 Å². The van der Waals surface area contributed by atoms with Gasteiger partial charge in [0.05, 0.1) is 51.1 Å². The fourth-order valence-electron chi connectivity index (χ4n) is 8.34. The number of hydrogen-bond donors (Lipinski definition) is 0. The van der Waals surface area contributed by atoms with E-state index in [1.165, 1.54) is 40.2 Å². The minimum Gasteiger partial charge on any atom is -0.493 e. The Hall–Kier alpha value is -5.02. The quantitative estimate of drug-likeness (QED) is 0.0810. The van der Waals surface area contributed by atoms with Crippen molar-refractivity contribution in [1.82, 2.24) is 4.31 Å². The Morgan fingerprint density at radius 2 is 1.36 bits per heavy atom. The molecule has 0 spiro atoms. The summed E-state index contributed by atoms with van der Waals surface area (Å²) in [7, 11) is -2.07. The number of carbonyl (C=O) groups excluding carboxylic acids is 3. The minimum atomic E-state index is -5.02. The Bertz CT molecular complexity index is 2200. The van der Waals surface area contributed by atoms with Crippen LogP contribution in [0.15, 0.2) is 89.8 Å². The van der Waals surface area contributed by atoms with Crippen LogP contribution in [-0.2, 0) is 48.1 Å². The summed E-state index contributed by atoms with van der Waals surface area (Å²) in [5.41, 5.74) is -3.95. The van der Waals surface area contributed by atoms with Crippen molar-refractivity contribution in [3.05, 3.63) is 102 Å². The maximum Gasteiger partial charge on any atom is 0.345 e. The third-order valence-electron chi connectivity index (χ3n) is 10.5. The zero-order chi connectivity index (χ0) is 40.5. The fraction of sp³-hybridized carbons (Fsp3) is 0.405. The lowest BCUT2D eigenvalue weighted by Crippen LogP contribution is -2.73. The van der Waals surface area contributed by atoms with Crippen LogP contribution >= 0.6 is 0 Å². The van der Waals surface area contributed by atoms with Crippen LogP contribution in [0.3, 0.4) is 0 Å². The lowest BCUT2D eigenvalue weighted by atomic mass is 9.67. The number of carbonyl (C=O) groups is 3.